The fourth-order valence-corrected chi connectivity index (χ4v) is 0.834. The molecule has 0 bridgehead atoms. The molecule has 0 aromatic carbocycles. The molecule has 0 aliphatic carbocycles. The number of nitrogens with zero attached hydrogens (tertiary/aromatic N) is 2. The van der Waals surface area contributed by atoms with Gasteiger partial charge in [-0.25, -0.2) is 0 Å². The van der Waals surface area contributed by atoms with Gasteiger partial charge in [0.05, 0.1) is 6.54 Å². The average molecular weight is 216 g/mol. The molecule has 0 saturated heterocycles. The van der Waals surface area contributed by atoms with Crippen LogP contribution in [-0.4, -0.2) is 11.9 Å². The van der Waals surface area contributed by atoms with Crippen LogP contribution < -0.4 is 4.68 Å². The predicted octanol–water partition coefficient (Wildman–Crippen LogP) is 1.77. The van der Waals surface area contributed by atoms with Crippen LogP contribution in [0, 0.1) is 5.82 Å². The highest BCUT2D eigenvalue weighted by molar-refractivity contribution is 6.50. The Balaban J connectivity index is 0.000000292. The first kappa shape index (κ1) is 12.9. The number of halogens is 5. The Bertz CT molecular complexity index is 276. The van der Waals surface area contributed by atoms with Crippen LogP contribution in [0.4, 0.5) is 21.7 Å². The lowest BCUT2D eigenvalue weighted by Crippen LogP contribution is -2.37. The van der Waals surface area contributed by atoms with Crippen LogP contribution in [0.5, 0.6) is 0 Å². The molecule has 1 aromatic heterocycles. The SMILES string of the molecule is CCn1cc(F)c[n+]1C.F[B-](F)(F)F. The van der Waals surface area contributed by atoms with Crippen LogP contribution in [-0.2, 0) is 13.6 Å². The first-order valence-corrected chi connectivity index (χ1v) is 3.83. The van der Waals surface area contributed by atoms with Crippen LogP contribution in [0.2, 0.25) is 0 Å². The van der Waals surface area contributed by atoms with Crippen molar-refractivity contribution in [3.63, 3.8) is 0 Å². The van der Waals surface area contributed by atoms with Gasteiger partial charge in [-0.1, -0.05) is 0 Å². The van der Waals surface area contributed by atoms with Gasteiger partial charge >= 0.3 is 7.25 Å². The second kappa shape index (κ2) is 4.97. The van der Waals surface area contributed by atoms with Gasteiger partial charge in [-0.05, 0) is 6.92 Å². The Morgan fingerprint density at radius 3 is 1.93 bits per heavy atom. The van der Waals surface area contributed by atoms with Crippen molar-refractivity contribution in [2.75, 3.05) is 0 Å². The predicted molar refractivity (Wildman–Crippen MR) is 41.4 cm³/mol. The second-order valence-corrected chi connectivity index (χ2v) is 2.47. The van der Waals surface area contributed by atoms with Gasteiger partial charge in [0.1, 0.15) is 6.20 Å². The summed E-state index contributed by atoms with van der Waals surface area (Å²) in [7, 11) is -4.19. The largest absolute Gasteiger partial charge is 0.673 e. The molecule has 1 aromatic rings. The van der Waals surface area contributed by atoms with E-state index in [4.69, 9.17) is 0 Å². The smallest absolute Gasteiger partial charge is 0.418 e. The number of aryl methyl sites for hydroxylation is 2. The molecule has 2 nitrogen and oxygen atoms in total. The summed E-state index contributed by atoms with van der Waals surface area (Å²) in [6, 6.07) is 0. The zero-order valence-corrected chi connectivity index (χ0v) is 7.72. The lowest BCUT2D eigenvalue weighted by atomic mass is 10.3. The molecular formula is C6H10BF5N2. The Hall–Kier alpha value is -1.08. The zero-order chi connectivity index (χ0) is 11.4. The number of rotatable bonds is 1. The average Bonchev–Trinajstić information content (AvgIpc) is 2.25. The van der Waals surface area contributed by atoms with Crippen LogP contribution in [0.1, 0.15) is 6.92 Å². The Morgan fingerprint density at radius 2 is 1.79 bits per heavy atom. The molecule has 8 heteroatoms. The summed E-state index contributed by atoms with van der Waals surface area (Å²) in [5, 5.41) is 0. The quantitative estimate of drug-likeness (QED) is 0.384. The van der Waals surface area contributed by atoms with E-state index in [0.717, 1.165) is 6.54 Å². The Morgan fingerprint density at radius 1 is 1.36 bits per heavy atom. The molecular weight excluding hydrogens is 206 g/mol. The maximum Gasteiger partial charge on any atom is 0.673 e. The Kier molecular flexibility index (Phi) is 4.59. The van der Waals surface area contributed by atoms with Gasteiger partial charge in [-0.3, -0.25) is 0 Å². The number of hydrogen-bond donors (Lipinski definition) is 0. The van der Waals surface area contributed by atoms with E-state index >= 15 is 0 Å². The minimum Gasteiger partial charge on any atom is -0.418 e. The molecule has 82 valence electrons. The van der Waals surface area contributed by atoms with Gasteiger partial charge in [0.15, 0.2) is 7.05 Å². The molecule has 0 unspecified atom stereocenters. The normalized spacial score (nSPS) is 10.8. The summed E-state index contributed by atoms with van der Waals surface area (Å²) >= 11 is 0. The second-order valence-electron chi connectivity index (χ2n) is 2.47. The van der Waals surface area contributed by atoms with Crippen molar-refractivity contribution in [3.05, 3.63) is 18.2 Å². The van der Waals surface area contributed by atoms with E-state index in [1.54, 1.807) is 9.36 Å². The maximum atomic E-state index is 12.3. The van der Waals surface area contributed by atoms with Gasteiger partial charge in [0, 0.05) is 0 Å². The zero-order valence-electron chi connectivity index (χ0n) is 7.72. The van der Waals surface area contributed by atoms with Crippen molar-refractivity contribution < 1.29 is 26.3 Å². The molecule has 0 N–H and O–H groups in total. The molecule has 0 radical (unpaired) electrons. The standard InChI is InChI=1S/C6H10FN2.BF4/c1-3-9-5-6(7)4-8(9)2;2-1(3,4)5/h4-5H,3H2,1-2H3;/q+1;-1. The minimum absolute atomic E-state index is 0.181. The summed E-state index contributed by atoms with van der Waals surface area (Å²) in [5.74, 6) is -0.181. The fraction of sp³-hybridized carbons (Fsp3) is 0.500. The third-order valence-corrected chi connectivity index (χ3v) is 1.31. The number of hydrogen-bond acceptors (Lipinski definition) is 0. The minimum atomic E-state index is -6.00. The summed E-state index contributed by atoms with van der Waals surface area (Å²) in [6.07, 6.45) is 2.92. The molecule has 1 heterocycles. The maximum absolute atomic E-state index is 12.3. The highest BCUT2D eigenvalue weighted by Crippen LogP contribution is 2.06. The molecule has 0 saturated carbocycles. The van der Waals surface area contributed by atoms with E-state index in [1.807, 2.05) is 14.0 Å². The van der Waals surface area contributed by atoms with Gasteiger partial charge in [-0.15, -0.1) is 4.68 Å². The van der Waals surface area contributed by atoms with Crippen molar-refractivity contribution in [2.45, 2.75) is 13.5 Å². The highest BCUT2D eigenvalue weighted by atomic mass is 19.5. The first-order valence-electron chi connectivity index (χ1n) is 3.83. The van der Waals surface area contributed by atoms with E-state index in [9.17, 15) is 21.7 Å². The third kappa shape index (κ3) is 6.44. The molecule has 1 rings (SSSR count). The van der Waals surface area contributed by atoms with Gasteiger partial charge < -0.3 is 17.3 Å². The highest BCUT2D eigenvalue weighted by Gasteiger charge is 2.20. The van der Waals surface area contributed by atoms with E-state index in [1.165, 1.54) is 12.4 Å². The van der Waals surface area contributed by atoms with Gasteiger partial charge in [-0.2, -0.15) is 9.07 Å². The fourth-order valence-electron chi connectivity index (χ4n) is 0.834. The van der Waals surface area contributed by atoms with Gasteiger partial charge in [0.2, 0.25) is 12.0 Å². The molecule has 0 aliphatic heterocycles. The lowest BCUT2D eigenvalue weighted by molar-refractivity contribution is -0.753. The van der Waals surface area contributed by atoms with E-state index in [0.29, 0.717) is 0 Å². The topological polar surface area (TPSA) is 8.81 Å². The molecule has 0 spiro atoms. The summed E-state index contributed by atoms with van der Waals surface area (Å²) in [4.78, 5) is 0. The molecule has 0 atom stereocenters. The van der Waals surface area contributed by atoms with Crippen molar-refractivity contribution in [3.8, 4) is 0 Å². The van der Waals surface area contributed by atoms with Crippen molar-refractivity contribution in [2.24, 2.45) is 7.05 Å². The van der Waals surface area contributed by atoms with Crippen molar-refractivity contribution >= 4 is 7.25 Å². The van der Waals surface area contributed by atoms with Crippen molar-refractivity contribution in [1.82, 2.24) is 4.68 Å². The Labute approximate surface area is 78.0 Å². The summed E-state index contributed by atoms with van der Waals surface area (Å²) < 4.78 is 54.8. The van der Waals surface area contributed by atoms with Crippen LogP contribution in [0.3, 0.4) is 0 Å². The molecule has 14 heavy (non-hydrogen) atoms. The van der Waals surface area contributed by atoms with Gasteiger partial charge in [0.25, 0.3) is 0 Å². The molecule has 0 aliphatic rings. The van der Waals surface area contributed by atoms with E-state index < -0.39 is 7.25 Å². The van der Waals surface area contributed by atoms with E-state index in [2.05, 4.69) is 0 Å². The lowest BCUT2D eigenvalue weighted by Gasteiger charge is -1.94. The summed E-state index contributed by atoms with van der Waals surface area (Å²) in [5.41, 5.74) is 0. The molecule has 0 fully saturated rings. The monoisotopic (exact) mass is 216 g/mol. The summed E-state index contributed by atoms with van der Waals surface area (Å²) in [6.45, 7) is 2.78. The van der Waals surface area contributed by atoms with E-state index in [-0.39, 0.29) is 5.82 Å². The number of aromatic nitrogens is 2. The third-order valence-electron chi connectivity index (χ3n) is 1.31. The van der Waals surface area contributed by atoms with Crippen LogP contribution in [0.25, 0.3) is 0 Å². The van der Waals surface area contributed by atoms with Crippen LogP contribution in [0.15, 0.2) is 12.4 Å². The molecule has 0 amide bonds. The first-order chi connectivity index (χ1) is 6.24. The van der Waals surface area contributed by atoms with Crippen molar-refractivity contribution in [1.29, 1.82) is 0 Å². The van der Waals surface area contributed by atoms with Crippen LogP contribution >= 0.6 is 0 Å².